The van der Waals surface area contributed by atoms with Gasteiger partial charge in [0.2, 0.25) is 0 Å². The molecule has 1 fully saturated rings. The zero-order valence-corrected chi connectivity index (χ0v) is 17.2. The number of anilines is 1. The molecule has 0 spiro atoms. The van der Waals surface area contributed by atoms with Crippen LogP contribution >= 0.6 is 15.9 Å². The Morgan fingerprint density at radius 2 is 1.68 bits per heavy atom. The third kappa shape index (κ3) is 4.31. The molecule has 0 bridgehead atoms. The summed E-state index contributed by atoms with van der Waals surface area (Å²) in [6.07, 6.45) is 1.97. The predicted molar refractivity (Wildman–Crippen MR) is 112 cm³/mol. The Bertz CT molecular complexity index is 991. The first-order chi connectivity index (χ1) is 13.6. The third-order valence-electron chi connectivity index (χ3n) is 5.30. The van der Waals surface area contributed by atoms with Gasteiger partial charge in [-0.2, -0.15) is 0 Å². The van der Waals surface area contributed by atoms with Gasteiger partial charge in [0, 0.05) is 42.9 Å². The molecule has 3 aromatic rings. The number of hydrogen-bond donors (Lipinski definition) is 0. The maximum atomic E-state index is 13.1. The summed E-state index contributed by atoms with van der Waals surface area (Å²) in [6.45, 7) is 5.59. The standard InChI is InChI=1S/C21H23BrFN3O2/c22-16-3-8-19-20(15-16)28-21(27)26(19)10-2-1-9-24-11-13-25(14-12-24)18-6-4-17(23)5-7-18/h3-8,15H,1-2,9-14H2. The van der Waals surface area contributed by atoms with E-state index >= 15 is 0 Å². The van der Waals surface area contributed by atoms with Crippen molar-refractivity contribution in [2.45, 2.75) is 19.4 Å². The zero-order chi connectivity index (χ0) is 19.5. The lowest BCUT2D eigenvalue weighted by molar-refractivity contribution is 0.251. The Balaban J connectivity index is 1.24. The zero-order valence-electron chi connectivity index (χ0n) is 15.6. The second kappa shape index (κ2) is 8.49. The molecule has 0 atom stereocenters. The van der Waals surface area contributed by atoms with Crippen molar-refractivity contribution in [3.63, 3.8) is 0 Å². The molecule has 2 heterocycles. The van der Waals surface area contributed by atoms with Gasteiger partial charge in [0.1, 0.15) is 5.82 Å². The molecular weight excluding hydrogens is 425 g/mol. The minimum atomic E-state index is -0.291. The van der Waals surface area contributed by atoms with Crippen LogP contribution in [0.25, 0.3) is 11.1 Å². The highest BCUT2D eigenvalue weighted by molar-refractivity contribution is 9.10. The normalized spacial score (nSPS) is 15.4. The summed E-state index contributed by atoms with van der Waals surface area (Å²) in [7, 11) is 0. The number of benzene rings is 2. The highest BCUT2D eigenvalue weighted by Crippen LogP contribution is 2.20. The van der Waals surface area contributed by atoms with Gasteiger partial charge >= 0.3 is 5.76 Å². The van der Waals surface area contributed by atoms with Gasteiger partial charge in [-0.15, -0.1) is 0 Å². The molecule has 148 valence electrons. The van der Waals surface area contributed by atoms with E-state index in [9.17, 15) is 9.18 Å². The van der Waals surface area contributed by atoms with Crippen LogP contribution in [0.3, 0.4) is 0 Å². The highest BCUT2D eigenvalue weighted by Gasteiger charge is 2.17. The van der Waals surface area contributed by atoms with Crippen molar-refractivity contribution in [3.8, 4) is 0 Å². The second-order valence-corrected chi connectivity index (χ2v) is 8.06. The van der Waals surface area contributed by atoms with Crippen LogP contribution in [0, 0.1) is 5.82 Å². The number of fused-ring (bicyclic) bond motifs is 1. The monoisotopic (exact) mass is 447 g/mol. The first-order valence-electron chi connectivity index (χ1n) is 9.62. The van der Waals surface area contributed by atoms with Gasteiger partial charge in [0.25, 0.3) is 0 Å². The van der Waals surface area contributed by atoms with Crippen LogP contribution in [0.5, 0.6) is 0 Å². The lowest BCUT2D eigenvalue weighted by atomic mass is 10.2. The van der Waals surface area contributed by atoms with E-state index < -0.39 is 0 Å². The lowest BCUT2D eigenvalue weighted by Crippen LogP contribution is -2.46. The van der Waals surface area contributed by atoms with Crippen LogP contribution in [0.1, 0.15) is 12.8 Å². The van der Waals surface area contributed by atoms with Crippen molar-refractivity contribution in [3.05, 3.63) is 63.3 Å². The van der Waals surface area contributed by atoms with E-state index in [-0.39, 0.29) is 11.6 Å². The summed E-state index contributed by atoms with van der Waals surface area (Å²) in [5.74, 6) is -0.486. The molecule has 0 saturated carbocycles. The molecule has 2 aromatic carbocycles. The average Bonchev–Trinajstić information content (AvgIpc) is 3.00. The van der Waals surface area contributed by atoms with Crippen molar-refractivity contribution in [2.75, 3.05) is 37.6 Å². The van der Waals surface area contributed by atoms with Gasteiger partial charge in [-0.1, -0.05) is 15.9 Å². The van der Waals surface area contributed by atoms with E-state index in [1.54, 1.807) is 4.57 Å². The van der Waals surface area contributed by atoms with Crippen LogP contribution in [0.2, 0.25) is 0 Å². The molecule has 28 heavy (non-hydrogen) atoms. The molecule has 5 nitrogen and oxygen atoms in total. The van der Waals surface area contributed by atoms with Crippen LogP contribution in [-0.4, -0.2) is 42.2 Å². The number of oxazole rings is 1. The smallest absolute Gasteiger partial charge is 0.408 e. The molecule has 7 heteroatoms. The summed E-state index contributed by atoms with van der Waals surface area (Å²) >= 11 is 3.40. The van der Waals surface area contributed by atoms with Gasteiger partial charge < -0.3 is 9.32 Å². The van der Waals surface area contributed by atoms with Crippen molar-refractivity contribution < 1.29 is 8.81 Å². The fraction of sp³-hybridized carbons (Fsp3) is 0.381. The first kappa shape index (κ1) is 19.2. The molecule has 1 aliphatic rings. The Morgan fingerprint density at radius 1 is 0.964 bits per heavy atom. The maximum Gasteiger partial charge on any atom is 0.419 e. The average molecular weight is 448 g/mol. The van der Waals surface area contributed by atoms with Crippen molar-refractivity contribution in [1.82, 2.24) is 9.47 Å². The number of aryl methyl sites for hydroxylation is 1. The van der Waals surface area contributed by atoms with E-state index in [0.29, 0.717) is 12.1 Å². The van der Waals surface area contributed by atoms with E-state index in [1.807, 2.05) is 30.3 Å². The van der Waals surface area contributed by atoms with E-state index in [2.05, 4.69) is 25.7 Å². The fourth-order valence-corrected chi connectivity index (χ4v) is 4.08. The second-order valence-electron chi connectivity index (χ2n) is 7.14. The Hall–Kier alpha value is -2.12. The number of rotatable bonds is 6. The van der Waals surface area contributed by atoms with Gasteiger partial charge in [-0.3, -0.25) is 9.47 Å². The predicted octanol–water partition coefficient (Wildman–Crippen LogP) is 4.10. The molecule has 0 aliphatic carbocycles. The minimum Gasteiger partial charge on any atom is -0.408 e. The van der Waals surface area contributed by atoms with Crippen LogP contribution in [-0.2, 0) is 6.54 Å². The summed E-state index contributed by atoms with van der Waals surface area (Å²) in [5, 5.41) is 0. The SMILES string of the molecule is O=c1oc2cc(Br)ccc2n1CCCCN1CCN(c2ccc(F)cc2)CC1. The Kier molecular flexibility index (Phi) is 5.82. The van der Waals surface area contributed by atoms with Crippen molar-refractivity contribution in [1.29, 1.82) is 0 Å². The molecule has 0 amide bonds. The van der Waals surface area contributed by atoms with E-state index in [4.69, 9.17) is 4.42 Å². The molecule has 0 unspecified atom stereocenters. The number of unbranched alkanes of at least 4 members (excludes halogenated alkanes) is 1. The summed E-state index contributed by atoms with van der Waals surface area (Å²) in [5.41, 5.74) is 2.55. The summed E-state index contributed by atoms with van der Waals surface area (Å²) < 4.78 is 21.0. The topological polar surface area (TPSA) is 41.6 Å². The largest absolute Gasteiger partial charge is 0.419 e. The minimum absolute atomic E-state index is 0.195. The van der Waals surface area contributed by atoms with Gasteiger partial charge in [0.05, 0.1) is 5.52 Å². The van der Waals surface area contributed by atoms with E-state index in [1.165, 1.54) is 12.1 Å². The van der Waals surface area contributed by atoms with Crippen molar-refractivity contribution in [2.24, 2.45) is 0 Å². The molecule has 1 aliphatic heterocycles. The summed E-state index contributed by atoms with van der Waals surface area (Å²) in [4.78, 5) is 16.8. The number of aromatic nitrogens is 1. The number of hydrogen-bond acceptors (Lipinski definition) is 4. The van der Waals surface area contributed by atoms with Crippen LogP contribution < -0.4 is 10.7 Å². The number of nitrogens with zero attached hydrogens (tertiary/aromatic N) is 3. The van der Waals surface area contributed by atoms with Crippen LogP contribution in [0.4, 0.5) is 10.1 Å². The maximum absolute atomic E-state index is 13.1. The highest BCUT2D eigenvalue weighted by atomic mass is 79.9. The van der Waals surface area contributed by atoms with Gasteiger partial charge in [0.15, 0.2) is 5.58 Å². The molecule has 0 N–H and O–H groups in total. The Labute approximate surface area is 171 Å². The molecule has 0 radical (unpaired) electrons. The lowest BCUT2D eigenvalue weighted by Gasteiger charge is -2.36. The number of halogens is 2. The fourth-order valence-electron chi connectivity index (χ4n) is 3.74. The van der Waals surface area contributed by atoms with E-state index in [0.717, 1.165) is 61.2 Å². The molecular formula is C21H23BrFN3O2. The quantitative estimate of drug-likeness (QED) is 0.533. The molecule has 1 aromatic heterocycles. The number of piperazine rings is 1. The third-order valence-corrected chi connectivity index (χ3v) is 5.79. The Morgan fingerprint density at radius 3 is 2.43 bits per heavy atom. The summed E-state index contributed by atoms with van der Waals surface area (Å²) in [6, 6.07) is 12.4. The van der Waals surface area contributed by atoms with Gasteiger partial charge in [-0.05, 0) is 61.9 Å². The molecule has 1 saturated heterocycles. The first-order valence-corrected chi connectivity index (χ1v) is 10.4. The molecule has 4 rings (SSSR count). The van der Waals surface area contributed by atoms with Gasteiger partial charge in [-0.25, -0.2) is 9.18 Å². The van der Waals surface area contributed by atoms with Crippen LogP contribution in [0.15, 0.2) is 56.1 Å². The van der Waals surface area contributed by atoms with Crippen molar-refractivity contribution >= 4 is 32.7 Å².